The standard InChI is InChI=1S/C17H13Cl2NO/c18-10-12-4-6-17(15(19)9-12)21-11-13-3-5-16-14(8-13)2-1-7-20-16/h1-9H,10-11H2. The van der Waals surface area contributed by atoms with Crippen LogP contribution in [0.15, 0.2) is 54.7 Å². The van der Waals surface area contributed by atoms with Crippen molar-refractivity contribution in [2.24, 2.45) is 0 Å². The van der Waals surface area contributed by atoms with E-state index in [9.17, 15) is 0 Å². The molecule has 0 spiro atoms. The maximum atomic E-state index is 6.18. The first-order chi connectivity index (χ1) is 10.3. The number of alkyl halides is 1. The van der Waals surface area contributed by atoms with E-state index in [0.29, 0.717) is 23.3 Å². The summed E-state index contributed by atoms with van der Waals surface area (Å²) in [4.78, 5) is 4.30. The highest BCUT2D eigenvalue weighted by Gasteiger charge is 2.04. The lowest BCUT2D eigenvalue weighted by atomic mass is 10.1. The van der Waals surface area contributed by atoms with Gasteiger partial charge in [-0.1, -0.05) is 29.8 Å². The molecule has 21 heavy (non-hydrogen) atoms. The molecule has 2 aromatic carbocycles. The molecule has 0 aliphatic carbocycles. The zero-order valence-corrected chi connectivity index (χ0v) is 12.7. The Kier molecular flexibility index (Phi) is 4.28. The molecule has 1 aromatic heterocycles. The Hall–Kier alpha value is -1.77. The third-order valence-corrected chi connectivity index (χ3v) is 3.82. The highest BCUT2D eigenvalue weighted by atomic mass is 35.5. The minimum Gasteiger partial charge on any atom is -0.487 e. The summed E-state index contributed by atoms with van der Waals surface area (Å²) in [5, 5.41) is 1.68. The van der Waals surface area contributed by atoms with Gasteiger partial charge in [-0.05, 0) is 41.5 Å². The third kappa shape index (κ3) is 3.29. The zero-order chi connectivity index (χ0) is 14.7. The van der Waals surface area contributed by atoms with Crippen molar-refractivity contribution >= 4 is 34.1 Å². The summed E-state index contributed by atoms with van der Waals surface area (Å²) < 4.78 is 5.78. The Balaban J connectivity index is 1.77. The molecule has 3 aromatic rings. The number of benzene rings is 2. The van der Waals surface area contributed by atoms with E-state index in [0.717, 1.165) is 22.0 Å². The molecule has 0 radical (unpaired) electrons. The molecule has 0 unspecified atom stereocenters. The number of hydrogen-bond donors (Lipinski definition) is 0. The Morgan fingerprint density at radius 2 is 1.86 bits per heavy atom. The van der Waals surface area contributed by atoms with E-state index in [-0.39, 0.29) is 0 Å². The monoisotopic (exact) mass is 317 g/mol. The first-order valence-electron chi connectivity index (χ1n) is 6.57. The molecular weight excluding hydrogens is 305 g/mol. The van der Waals surface area contributed by atoms with E-state index in [1.807, 2.05) is 42.5 Å². The van der Waals surface area contributed by atoms with E-state index in [1.54, 1.807) is 6.20 Å². The minimum absolute atomic E-state index is 0.442. The average Bonchev–Trinajstić information content (AvgIpc) is 2.53. The zero-order valence-electron chi connectivity index (χ0n) is 11.2. The Morgan fingerprint density at radius 3 is 2.67 bits per heavy atom. The average molecular weight is 318 g/mol. The van der Waals surface area contributed by atoms with Gasteiger partial charge in [0.2, 0.25) is 0 Å². The number of halogens is 2. The fourth-order valence-electron chi connectivity index (χ4n) is 2.12. The van der Waals surface area contributed by atoms with E-state index >= 15 is 0 Å². The minimum atomic E-state index is 0.442. The highest BCUT2D eigenvalue weighted by Crippen LogP contribution is 2.27. The normalized spacial score (nSPS) is 10.8. The molecule has 0 amide bonds. The molecule has 0 bridgehead atoms. The van der Waals surface area contributed by atoms with Crippen LogP contribution in [0.5, 0.6) is 5.75 Å². The van der Waals surface area contributed by atoms with Crippen LogP contribution in [0.2, 0.25) is 5.02 Å². The second kappa shape index (κ2) is 6.33. The van der Waals surface area contributed by atoms with Crippen LogP contribution in [-0.4, -0.2) is 4.98 Å². The van der Waals surface area contributed by atoms with Gasteiger partial charge in [-0.2, -0.15) is 0 Å². The van der Waals surface area contributed by atoms with Crippen LogP contribution in [0.3, 0.4) is 0 Å². The molecule has 2 nitrogen and oxygen atoms in total. The Labute approximate surface area is 133 Å². The summed E-state index contributed by atoms with van der Waals surface area (Å²) in [6.45, 7) is 0.463. The first kappa shape index (κ1) is 14.2. The first-order valence-corrected chi connectivity index (χ1v) is 7.48. The Bertz CT molecular complexity index is 774. The predicted molar refractivity (Wildman–Crippen MR) is 87.1 cm³/mol. The maximum absolute atomic E-state index is 6.18. The summed E-state index contributed by atoms with van der Waals surface area (Å²) >= 11 is 12.0. The number of hydrogen-bond acceptors (Lipinski definition) is 2. The van der Waals surface area contributed by atoms with Crippen LogP contribution in [0.4, 0.5) is 0 Å². The van der Waals surface area contributed by atoms with Gasteiger partial charge in [0.1, 0.15) is 12.4 Å². The molecule has 1 heterocycles. The topological polar surface area (TPSA) is 22.1 Å². The van der Waals surface area contributed by atoms with Gasteiger partial charge < -0.3 is 4.74 Å². The number of pyridine rings is 1. The van der Waals surface area contributed by atoms with Gasteiger partial charge in [0.25, 0.3) is 0 Å². The summed E-state index contributed by atoms with van der Waals surface area (Å²) in [7, 11) is 0. The van der Waals surface area contributed by atoms with Gasteiger partial charge in [0, 0.05) is 17.5 Å². The van der Waals surface area contributed by atoms with E-state index in [1.165, 1.54) is 0 Å². The summed E-state index contributed by atoms with van der Waals surface area (Å²) in [5.41, 5.74) is 3.03. The molecule has 3 rings (SSSR count). The van der Waals surface area contributed by atoms with Gasteiger partial charge in [0.15, 0.2) is 0 Å². The summed E-state index contributed by atoms with van der Waals surface area (Å²) in [6.07, 6.45) is 1.79. The maximum Gasteiger partial charge on any atom is 0.138 e. The second-order valence-corrected chi connectivity index (χ2v) is 5.39. The van der Waals surface area contributed by atoms with Crippen molar-refractivity contribution in [3.8, 4) is 5.75 Å². The van der Waals surface area contributed by atoms with Crippen LogP contribution in [0.1, 0.15) is 11.1 Å². The summed E-state index contributed by atoms with van der Waals surface area (Å²) in [5.74, 6) is 1.11. The molecule has 0 N–H and O–H groups in total. The van der Waals surface area contributed by atoms with Crippen molar-refractivity contribution in [3.05, 3.63) is 70.9 Å². The molecule has 0 aliphatic heterocycles. The largest absolute Gasteiger partial charge is 0.487 e. The van der Waals surface area contributed by atoms with Crippen molar-refractivity contribution in [1.82, 2.24) is 4.98 Å². The van der Waals surface area contributed by atoms with Gasteiger partial charge in [-0.25, -0.2) is 0 Å². The van der Waals surface area contributed by atoms with Gasteiger partial charge in [-0.3, -0.25) is 4.98 Å². The quantitative estimate of drug-likeness (QED) is 0.616. The molecule has 0 fully saturated rings. The van der Waals surface area contributed by atoms with Crippen LogP contribution >= 0.6 is 23.2 Å². The smallest absolute Gasteiger partial charge is 0.138 e. The third-order valence-electron chi connectivity index (χ3n) is 3.21. The van der Waals surface area contributed by atoms with E-state index in [4.69, 9.17) is 27.9 Å². The molecular formula is C17H13Cl2NO. The molecule has 0 aliphatic rings. The highest BCUT2D eigenvalue weighted by molar-refractivity contribution is 6.32. The Morgan fingerprint density at radius 1 is 1.00 bits per heavy atom. The van der Waals surface area contributed by atoms with E-state index < -0.39 is 0 Å². The number of fused-ring (bicyclic) bond motifs is 1. The van der Waals surface area contributed by atoms with Gasteiger partial charge >= 0.3 is 0 Å². The SMILES string of the molecule is ClCc1ccc(OCc2ccc3ncccc3c2)c(Cl)c1. The second-order valence-electron chi connectivity index (χ2n) is 4.72. The van der Waals surface area contributed by atoms with Crippen molar-refractivity contribution in [2.75, 3.05) is 0 Å². The van der Waals surface area contributed by atoms with Crippen LogP contribution in [0, 0.1) is 0 Å². The number of nitrogens with zero attached hydrogens (tertiary/aromatic N) is 1. The molecule has 4 heteroatoms. The van der Waals surface area contributed by atoms with Crippen molar-refractivity contribution in [1.29, 1.82) is 0 Å². The van der Waals surface area contributed by atoms with Gasteiger partial charge in [0.05, 0.1) is 10.5 Å². The molecule has 106 valence electrons. The van der Waals surface area contributed by atoms with Crippen molar-refractivity contribution < 1.29 is 4.74 Å². The lowest BCUT2D eigenvalue weighted by Crippen LogP contribution is -1.96. The van der Waals surface area contributed by atoms with Crippen molar-refractivity contribution in [3.63, 3.8) is 0 Å². The lowest BCUT2D eigenvalue weighted by Gasteiger charge is -2.09. The summed E-state index contributed by atoms with van der Waals surface area (Å²) in [6, 6.07) is 15.6. The predicted octanol–water partition coefficient (Wildman–Crippen LogP) is 5.21. The van der Waals surface area contributed by atoms with Crippen LogP contribution < -0.4 is 4.74 Å². The van der Waals surface area contributed by atoms with Crippen molar-refractivity contribution in [2.45, 2.75) is 12.5 Å². The van der Waals surface area contributed by atoms with E-state index in [2.05, 4.69) is 11.1 Å². The lowest BCUT2D eigenvalue weighted by molar-refractivity contribution is 0.306. The van der Waals surface area contributed by atoms with Crippen LogP contribution in [0.25, 0.3) is 10.9 Å². The molecule has 0 saturated heterocycles. The number of aromatic nitrogens is 1. The molecule has 0 atom stereocenters. The fraction of sp³-hybridized carbons (Fsp3) is 0.118. The number of rotatable bonds is 4. The number of ether oxygens (including phenoxy) is 1. The van der Waals surface area contributed by atoms with Gasteiger partial charge in [-0.15, -0.1) is 11.6 Å². The fourth-order valence-corrected chi connectivity index (χ4v) is 2.54. The molecule has 0 saturated carbocycles. The van der Waals surface area contributed by atoms with Crippen LogP contribution in [-0.2, 0) is 12.5 Å².